The largest absolute Gasteiger partial charge is 0.361 e. The van der Waals surface area contributed by atoms with E-state index in [1.807, 2.05) is 29.9 Å². The second-order valence-electron chi connectivity index (χ2n) is 6.26. The van der Waals surface area contributed by atoms with Gasteiger partial charge in [-0.2, -0.15) is 5.10 Å². The van der Waals surface area contributed by atoms with E-state index in [2.05, 4.69) is 75.1 Å². The van der Waals surface area contributed by atoms with Crippen molar-refractivity contribution in [2.75, 3.05) is 5.43 Å². The molecule has 4 nitrogen and oxygen atoms in total. The fraction of sp³-hybridized carbons (Fsp3) is 0. The minimum Gasteiger partial charge on any atom is -0.361 e. The lowest BCUT2D eigenvalue weighted by Gasteiger charge is -2.00. The molecule has 27 heavy (non-hydrogen) atoms. The van der Waals surface area contributed by atoms with Gasteiger partial charge in [0.25, 0.3) is 0 Å². The Morgan fingerprint density at radius 3 is 2.78 bits per heavy atom. The molecule has 0 aliphatic heterocycles. The highest BCUT2D eigenvalue weighted by Crippen LogP contribution is 2.27. The molecule has 3 aromatic carbocycles. The van der Waals surface area contributed by atoms with E-state index < -0.39 is 0 Å². The number of thiazole rings is 1. The highest BCUT2D eigenvalue weighted by atomic mass is 32.1. The maximum Gasteiger partial charge on any atom is 0.203 e. The number of fused-ring (bicyclic) bond motifs is 2. The molecule has 2 N–H and O–H groups in total. The Bertz CT molecular complexity index is 1270. The molecule has 0 unspecified atom stereocenters. The van der Waals surface area contributed by atoms with Gasteiger partial charge in [0.15, 0.2) is 0 Å². The van der Waals surface area contributed by atoms with Gasteiger partial charge in [0.05, 0.1) is 11.9 Å². The van der Waals surface area contributed by atoms with Crippen LogP contribution in [-0.4, -0.2) is 16.2 Å². The van der Waals surface area contributed by atoms with Gasteiger partial charge in [0.2, 0.25) is 5.13 Å². The highest BCUT2D eigenvalue weighted by Gasteiger charge is 2.05. The zero-order chi connectivity index (χ0) is 18.1. The Kier molecular flexibility index (Phi) is 3.92. The van der Waals surface area contributed by atoms with Crippen molar-refractivity contribution in [3.8, 4) is 11.3 Å². The number of hydrogen-bond acceptors (Lipinski definition) is 4. The van der Waals surface area contributed by atoms with Gasteiger partial charge >= 0.3 is 0 Å². The standard InChI is InChI=1S/C22H16N4S/c1-2-6-16-11-17(10-9-15(16)5-1)21-14-27-22(25-21)26-24-13-18-12-23-20-8-4-3-7-19(18)20/h1-14,23H,(H,25,26)/b24-13+. The molecule has 0 fully saturated rings. The molecule has 2 heterocycles. The minimum atomic E-state index is 0.772. The normalized spacial score (nSPS) is 11.6. The smallest absolute Gasteiger partial charge is 0.203 e. The van der Waals surface area contributed by atoms with Crippen molar-refractivity contribution in [1.29, 1.82) is 0 Å². The van der Waals surface area contributed by atoms with Crippen LogP contribution in [0.2, 0.25) is 0 Å². The number of benzene rings is 3. The molecule has 5 heteroatoms. The SMILES string of the molecule is C(=N\Nc1nc(-c2ccc3ccccc3c2)cs1)/c1c[nH]c2ccccc12. The van der Waals surface area contributed by atoms with E-state index in [0.29, 0.717) is 0 Å². The summed E-state index contributed by atoms with van der Waals surface area (Å²) in [5.74, 6) is 0. The van der Waals surface area contributed by atoms with Crippen LogP contribution in [0.1, 0.15) is 5.56 Å². The van der Waals surface area contributed by atoms with Crippen molar-refractivity contribution >= 4 is 44.4 Å². The van der Waals surface area contributed by atoms with Crippen LogP contribution in [0.3, 0.4) is 0 Å². The summed E-state index contributed by atoms with van der Waals surface area (Å²) in [6.45, 7) is 0. The van der Waals surface area contributed by atoms with E-state index in [-0.39, 0.29) is 0 Å². The first-order chi connectivity index (χ1) is 13.4. The Balaban J connectivity index is 1.35. The third-order valence-electron chi connectivity index (χ3n) is 4.53. The zero-order valence-electron chi connectivity index (χ0n) is 14.4. The summed E-state index contributed by atoms with van der Waals surface area (Å²) in [5.41, 5.74) is 7.25. The number of nitrogens with zero attached hydrogens (tertiary/aromatic N) is 2. The summed E-state index contributed by atoms with van der Waals surface area (Å²) < 4.78 is 0. The number of hydrazone groups is 1. The predicted molar refractivity (Wildman–Crippen MR) is 115 cm³/mol. The van der Waals surface area contributed by atoms with Gasteiger partial charge in [0, 0.05) is 33.6 Å². The molecule has 0 saturated heterocycles. The molecule has 5 aromatic rings. The molecule has 130 valence electrons. The summed E-state index contributed by atoms with van der Waals surface area (Å²) in [6, 6.07) is 22.9. The average molecular weight is 368 g/mol. The number of anilines is 1. The number of aromatic amines is 1. The first kappa shape index (κ1) is 15.8. The average Bonchev–Trinajstić information content (AvgIpc) is 3.35. The van der Waals surface area contributed by atoms with Gasteiger partial charge in [-0.15, -0.1) is 11.3 Å². The van der Waals surface area contributed by atoms with E-state index in [1.54, 1.807) is 11.3 Å². The van der Waals surface area contributed by atoms with Crippen LogP contribution in [0.4, 0.5) is 5.13 Å². The number of H-pyrrole nitrogens is 1. The second-order valence-corrected chi connectivity index (χ2v) is 7.12. The number of para-hydroxylation sites is 1. The van der Waals surface area contributed by atoms with Crippen molar-refractivity contribution in [2.24, 2.45) is 5.10 Å². The van der Waals surface area contributed by atoms with Gasteiger partial charge in [0.1, 0.15) is 0 Å². The van der Waals surface area contributed by atoms with Crippen molar-refractivity contribution in [3.05, 3.63) is 83.9 Å². The van der Waals surface area contributed by atoms with E-state index in [4.69, 9.17) is 0 Å². The predicted octanol–water partition coefficient (Wildman–Crippen LogP) is 5.89. The topological polar surface area (TPSA) is 53.1 Å². The van der Waals surface area contributed by atoms with Crippen molar-refractivity contribution < 1.29 is 0 Å². The molecule has 0 amide bonds. The van der Waals surface area contributed by atoms with Gasteiger partial charge in [-0.1, -0.05) is 54.6 Å². The number of rotatable bonds is 4. The second kappa shape index (κ2) is 6.70. The third-order valence-corrected chi connectivity index (χ3v) is 5.28. The summed E-state index contributed by atoms with van der Waals surface area (Å²) in [6.07, 6.45) is 3.77. The Labute approximate surface area is 160 Å². The lowest BCUT2D eigenvalue weighted by atomic mass is 10.1. The number of aromatic nitrogens is 2. The molecule has 5 rings (SSSR count). The quantitative estimate of drug-likeness (QED) is 0.307. The Hall–Kier alpha value is -3.44. The zero-order valence-corrected chi connectivity index (χ0v) is 15.2. The molecular weight excluding hydrogens is 352 g/mol. The highest BCUT2D eigenvalue weighted by molar-refractivity contribution is 7.14. The Morgan fingerprint density at radius 1 is 0.963 bits per heavy atom. The monoisotopic (exact) mass is 368 g/mol. The molecule has 0 aliphatic carbocycles. The lowest BCUT2D eigenvalue weighted by molar-refractivity contribution is 1.29. The summed E-state index contributed by atoms with van der Waals surface area (Å²) in [7, 11) is 0. The molecule has 2 aromatic heterocycles. The molecule has 0 saturated carbocycles. The van der Waals surface area contributed by atoms with E-state index >= 15 is 0 Å². The number of nitrogens with one attached hydrogen (secondary N) is 2. The third kappa shape index (κ3) is 3.09. The fourth-order valence-electron chi connectivity index (χ4n) is 3.16. The van der Waals surface area contributed by atoms with Gasteiger partial charge in [-0.05, 0) is 22.9 Å². The van der Waals surface area contributed by atoms with Crippen LogP contribution in [-0.2, 0) is 0 Å². The van der Waals surface area contributed by atoms with Crippen LogP contribution >= 0.6 is 11.3 Å². The fourth-order valence-corrected chi connectivity index (χ4v) is 3.83. The Morgan fingerprint density at radius 2 is 1.81 bits per heavy atom. The van der Waals surface area contributed by atoms with Crippen LogP contribution in [0.15, 0.2) is 83.4 Å². The van der Waals surface area contributed by atoms with Gasteiger partial charge in [-0.25, -0.2) is 4.98 Å². The minimum absolute atomic E-state index is 0.772. The first-order valence-electron chi connectivity index (χ1n) is 8.67. The first-order valence-corrected chi connectivity index (χ1v) is 9.55. The van der Waals surface area contributed by atoms with Crippen LogP contribution < -0.4 is 5.43 Å². The van der Waals surface area contributed by atoms with Crippen LogP contribution in [0, 0.1) is 0 Å². The number of hydrogen-bond donors (Lipinski definition) is 2. The van der Waals surface area contributed by atoms with Crippen LogP contribution in [0.25, 0.3) is 32.9 Å². The maximum absolute atomic E-state index is 4.65. The van der Waals surface area contributed by atoms with E-state index in [1.165, 1.54) is 10.8 Å². The molecule has 0 bridgehead atoms. The molecule has 0 atom stereocenters. The molecule has 0 radical (unpaired) electrons. The summed E-state index contributed by atoms with van der Waals surface area (Å²) in [5, 5.41) is 10.8. The van der Waals surface area contributed by atoms with Crippen molar-refractivity contribution in [1.82, 2.24) is 9.97 Å². The molecule has 0 aliphatic rings. The van der Waals surface area contributed by atoms with E-state index in [9.17, 15) is 0 Å². The molecular formula is C22H16N4S. The van der Waals surface area contributed by atoms with Crippen molar-refractivity contribution in [3.63, 3.8) is 0 Å². The summed E-state index contributed by atoms with van der Waals surface area (Å²) in [4.78, 5) is 7.90. The van der Waals surface area contributed by atoms with Gasteiger partial charge < -0.3 is 4.98 Å². The van der Waals surface area contributed by atoms with Crippen molar-refractivity contribution in [2.45, 2.75) is 0 Å². The van der Waals surface area contributed by atoms with Gasteiger partial charge in [-0.3, -0.25) is 5.43 Å². The van der Waals surface area contributed by atoms with E-state index in [0.717, 1.165) is 32.9 Å². The molecule has 0 spiro atoms. The maximum atomic E-state index is 4.65. The lowest BCUT2D eigenvalue weighted by Crippen LogP contribution is -1.89. The van der Waals surface area contributed by atoms with Crippen LogP contribution in [0.5, 0.6) is 0 Å². The summed E-state index contributed by atoms with van der Waals surface area (Å²) >= 11 is 1.55.